The summed E-state index contributed by atoms with van der Waals surface area (Å²) < 4.78 is 88.6. The summed E-state index contributed by atoms with van der Waals surface area (Å²) in [4.78, 5) is 13.4. The van der Waals surface area contributed by atoms with E-state index >= 15 is 0 Å². The molecule has 2 aromatic rings. The number of likely N-dealkylation sites (tertiary alicyclic amines) is 1. The van der Waals surface area contributed by atoms with E-state index in [1.54, 1.807) is 6.92 Å². The van der Waals surface area contributed by atoms with Crippen LogP contribution in [0.15, 0.2) is 36.4 Å². The number of ether oxygens (including phenoxy) is 2. The van der Waals surface area contributed by atoms with Gasteiger partial charge in [0.1, 0.15) is 11.5 Å². The van der Waals surface area contributed by atoms with E-state index in [0.717, 1.165) is 23.1 Å². The van der Waals surface area contributed by atoms with E-state index in [4.69, 9.17) is 4.74 Å². The van der Waals surface area contributed by atoms with Crippen LogP contribution in [0.3, 0.4) is 0 Å². The van der Waals surface area contributed by atoms with E-state index in [9.17, 15) is 31.1 Å². The van der Waals surface area contributed by atoms with Crippen LogP contribution in [0.5, 0.6) is 11.5 Å². The van der Waals surface area contributed by atoms with Crippen LogP contribution >= 0.6 is 0 Å². The second-order valence-corrected chi connectivity index (χ2v) is 6.58. The lowest BCUT2D eigenvalue weighted by molar-refractivity contribution is -0.274. The SMILES string of the molecule is CCOc1ccc(F)c(F)c1[C@H]1C[C@H](F)C(=O)N1Cc1ccc(OC(F)(F)F)cc1. The van der Waals surface area contributed by atoms with Crippen molar-refractivity contribution in [1.82, 2.24) is 4.90 Å². The molecule has 0 saturated carbocycles. The molecule has 0 aromatic heterocycles. The summed E-state index contributed by atoms with van der Waals surface area (Å²) in [5.74, 6) is -3.82. The Labute approximate surface area is 168 Å². The van der Waals surface area contributed by atoms with Crippen molar-refractivity contribution in [3.05, 3.63) is 59.2 Å². The number of benzene rings is 2. The fraction of sp³-hybridized carbons (Fsp3) is 0.350. The number of hydrogen-bond acceptors (Lipinski definition) is 3. The Morgan fingerprint density at radius 1 is 1.10 bits per heavy atom. The van der Waals surface area contributed by atoms with Crippen molar-refractivity contribution in [2.24, 2.45) is 0 Å². The molecule has 1 saturated heterocycles. The fourth-order valence-electron chi connectivity index (χ4n) is 3.35. The number of hydrogen-bond donors (Lipinski definition) is 0. The van der Waals surface area contributed by atoms with Crippen LogP contribution in [-0.4, -0.2) is 29.9 Å². The first-order valence-electron chi connectivity index (χ1n) is 9.00. The first-order chi connectivity index (χ1) is 14.1. The van der Waals surface area contributed by atoms with E-state index < -0.39 is 48.3 Å². The van der Waals surface area contributed by atoms with Crippen molar-refractivity contribution >= 4 is 5.91 Å². The Morgan fingerprint density at radius 3 is 2.37 bits per heavy atom. The lowest BCUT2D eigenvalue weighted by Gasteiger charge is -2.27. The molecule has 1 amide bonds. The van der Waals surface area contributed by atoms with Crippen LogP contribution in [0.25, 0.3) is 0 Å². The Morgan fingerprint density at radius 2 is 1.77 bits per heavy atom. The molecule has 2 atom stereocenters. The topological polar surface area (TPSA) is 38.8 Å². The third kappa shape index (κ3) is 4.63. The summed E-state index contributed by atoms with van der Waals surface area (Å²) >= 11 is 0. The third-order valence-corrected chi connectivity index (χ3v) is 4.59. The predicted molar refractivity (Wildman–Crippen MR) is 93.5 cm³/mol. The van der Waals surface area contributed by atoms with Crippen LogP contribution in [0, 0.1) is 11.6 Å². The Balaban J connectivity index is 1.90. The molecule has 0 unspecified atom stereocenters. The molecule has 4 nitrogen and oxygen atoms in total. The molecule has 162 valence electrons. The van der Waals surface area contributed by atoms with E-state index in [2.05, 4.69) is 4.74 Å². The molecule has 1 fully saturated rings. The second-order valence-electron chi connectivity index (χ2n) is 6.58. The number of alkyl halides is 4. The standard InChI is InChI=1S/C20H17F6NO3/c1-2-29-16-8-7-13(21)18(23)17(16)15-9-14(22)19(28)27(15)10-11-3-5-12(6-4-11)30-20(24,25)26/h3-8,14-15H,2,9-10H2,1H3/t14-,15+/m0/s1. The molecule has 0 bridgehead atoms. The van der Waals surface area contributed by atoms with Crippen molar-refractivity contribution in [2.75, 3.05) is 6.61 Å². The van der Waals surface area contributed by atoms with Crippen molar-refractivity contribution in [3.63, 3.8) is 0 Å². The molecule has 1 aliphatic rings. The zero-order valence-electron chi connectivity index (χ0n) is 15.7. The van der Waals surface area contributed by atoms with Crippen molar-refractivity contribution < 1.29 is 40.6 Å². The second kappa shape index (κ2) is 8.45. The molecule has 1 aliphatic heterocycles. The van der Waals surface area contributed by atoms with E-state index in [-0.39, 0.29) is 24.5 Å². The first-order valence-corrected chi connectivity index (χ1v) is 9.00. The zero-order valence-corrected chi connectivity index (χ0v) is 15.7. The highest BCUT2D eigenvalue weighted by atomic mass is 19.4. The molecule has 2 aromatic carbocycles. The number of rotatable bonds is 6. The van der Waals surface area contributed by atoms with Crippen molar-refractivity contribution in [1.29, 1.82) is 0 Å². The van der Waals surface area contributed by atoms with Crippen LogP contribution < -0.4 is 9.47 Å². The van der Waals surface area contributed by atoms with E-state index in [1.165, 1.54) is 18.2 Å². The van der Waals surface area contributed by atoms with Gasteiger partial charge in [0.15, 0.2) is 17.8 Å². The summed E-state index contributed by atoms with van der Waals surface area (Å²) in [6, 6.07) is 5.55. The number of halogens is 6. The van der Waals surface area contributed by atoms with Crippen LogP contribution in [-0.2, 0) is 11.3 Å². The summed E-state index contributed by atoms with van der Waals surface area (Å²) in [6.07, 6.45) is -7.20. The maximum Gasteiger partial charge on any atom is 0.573 e. The molecule has 3 rings (SSSR count). The van der Waals surface area contributed by atoms with Gasteiger partial charge in [-0.3, -0.25) is 4.79 Å². The molecule has 0 radical (unpaired) electrons. The lowest BCUT2D eigenvalue weighted by Crippen LogP contribution is -2.30. The molecular weight excluding hydrogens is 416 g/mol. The maximum absolute atomic E-state index is 14.6. The Hall–Kier alpha value is -2.91. The monoisotopic (exact) mass is 433 g/mol. The highest BCUT2D eigenvalue weighted by Crippen LogP contribution is 2.42. The van der Waals surface area contributed by atoms with Gasteiger partial charge in [-0.1, -0.05) is 12.1 Å². The average molecular weight is 433 g/mol. The van der Waals surface area contributed by atoms with Gasteiger partial charge in [-0.05, 0) is 36.8 Å². The molecule has 0 N–H and O–H groups in total. The Bertz CT molecular complexity index is 916. The third-order valence-electron chi connectivity index (χ3n) is 4.59. The number of carbonyl (C=O) groups excluding carboxylic acids is 1. The van der Waals surface area contributed by atoms with Crippen LogP contribution in [0.1, 0.15) is 30.5 Å². The molecule has 30 heavy (non-hydrogen) atoms. The van der Waals surface area contributed by atoms with Crippen molar-refractivity contribution in [3.8, 4) is 11.5 Å². The Kier molecular flexibility index (Phi) is 6.14. The predicted octanol–water partition coefficient (Wildman–Crippen LogP) is 5.07. The van der Waals surface area contributed by atoms with Gasteiger partial charge in [-0.25, -0.2) is 13.2 Å². The van der Waals surface area contributed by atoms with E-state index in [1.807, 2.05) is 0 Å². The number of nitrogens with zero attached hydrogens (tertiary/aromatic N) is 1. The normalized spacial score (nSPS) is 19.3. The molecule has 10 heteroatoms. The van der Waals surface area contributed by atoms with Gasteiger partial charge in [0.25, 0.3) is 5.91 Å². The minimum absolute atomic E-state index is 0.0118. The smallest absolute Gasteiger partial charge is 0.493 e. The van der Waals surface area contributed by atoms with Gasteiger partial charge in [0.05, 0.1) is 18.2 Å². The van der Waals surface area contributed by atoms with Gasteiger partial charge >= 0.3 is 6.36 Å². The van der Waals surface area contributed by atoms with Gasteiger partial charge in [-0.15, -0.1) is 13.2 Å². The largest absolute Gasteiger partial charge is 0.573 e. The van der Waals surface area contributed by atoms with Gasteiger partial charge in [-0.2, -0.15) is 0 Å². The van der Waals surface area contributed by atoms with Gasteiger partial charge < -0.3 is 14.4 Å². The summed E-state index contributed by atoms with van der Waals surface area (Å²) in [5.41, 5.74) is 0.0779. The highest BCUT2D eigenvalue weighted by Gasteiger charge is 2.43. The van der Waals surface area contributed by atoms with Crippen molar-refractivity contribution in [2.45, 2.75) is 38.5 Å². The highest BCUT2D eigenvalue weighted by molar-refractivity contribution is 5.84. The fourth-order valence-corrected chi connectivity index (χ4v) is 3.35. The molecular formula is C20H17F6NO3. The summed E-state index contributed by atoms with van der Waals surface area (Å²) in [5, 5.41) is 0. The summed E-state index contributed by atoms with van der Waals surface area (Å²) in [7, 11) is 0. The van der Waals surface area contributed by atoms with Crippen LogP contribution in [0.2, 0.25) is 0 Å². The maximum atomic E-state index is 14.6. The van der Waals surface area contributed by atoms with Gasteiger partial charge in [0.2, 0.25) is 0 Å². The molecule has 0 aliphatic carbocycles. The number of amides is 1. The minimum atomic E-state index is -4.86. The van der Waals surface area contributed by atoms with E-state index in [0.29, 0.717) is 5.56 Å². The quantitative estimate of drug-likeness (QED) is 0.597. The van der Waals surface area contributed by atoms with Gasteiger partial charge in [0, 0.05) is 13.0 Å². The molecule has 1 heterocycles. The minimum Gasteiger partial charge on any atom is -0.493 e. The first kappa shape index (κ1) is 21.8. The average Bonchev–Trinajstić information content (AvgIpc) is 2.93. The summed E-state index contributed by atoms with van der Waals surface area (Å²) in [6.45, 7) is 1.54. The zero-order chi connectivity index (χ0) is 22.1. The molecule has 0 spiro atoms. The lowest BCUT2D eigenvalue weighted by atomic mass is 10.0. The van der Waals surface area contributed by atoms with Crippen LogP contribution in [0.4, 0.5) is 26.3 Å². The number of carbonyl (C=O) groups is 1.